The summed E-state index contributed by atoms with van der Waals surface area (Å²) >= 11 is 1.44. The van der Waals surface area contributed by atoms with Crippen molar-refractivity contribution in [2.24, 2.45) is 0 Å². The molecule has 3 aromatic rings. The zero-order chi connectivity index (χ0) is 22.7. The second-order valence-corrected chi connectivity index (χ2v) is 8.96. The molecule has 1 unspecified atom stereocenters. The fourth-order valence-corrected chi connectivity index (χ4v) is 5.11. The number of thioether (sulfide) groups is 1. The molecule has 2 aromatic heterocycles. The topological polar surface area (TPSA) is 71.2 Å². The maximum absolute atomic E-state index is 13.0. The van der Waals surface area contributed by atoms with Crippen molar-refractivity contribution in [1.82, 2.24) is 19.3 Å². The number of hydrogen-bond donors (Lipinski definition) is 0. The Morgan fingerprint density at radius 1 is 1.22 bits per heavy atom. The van der Waals surface area contributed by atoms with Crippen LogP contribution in [0.4, 0.5) is 0 Å². The van der Waals surface area contributed by atoms with Crippen LogP contribution in [0.25, 0.3) is 11.4 Å². The lowest BCUT2D eigenvalue weighted by atomic mass is 10.2. The van der Waals surface area contributed by atoms with Gasteiger partial charge in [0.25, 0.3) is 0 Å². The Hall–Kier alpha value is -2.58. The molecule has 32 heavy (non-hydrogen) atoms. The maximum Gasteiger partial charge on any atom is 0.192 e. The second-order valence-electron chi connectivity index (χ2n) is 8.02. The first kappa shape index (κ1) is 22.6. The first-order valence-corrected chi connectivity index (χ1v) is 12.0. The highest BCUT2D eigenvalue weighted by Gasteiger charge is 2.23. The van der Waals surface area contributed by atoms with E-state index >= 15 is 0 Å². The van der Waals surface area contributed by atoms with Crippen LogP contribution in [0.2, 0.25) is 0 Å². The highest BCUT2D eigenvalue weighted by Crippen LogP contribution is 2.28. The number of Topliss-reactive ketones (excluding diaryl/α,β-unsaturated/α-hetero) is 1. The van der Waals surface area contributed by atoms with Gasteiger partial charge in [-0.2, -0.15) is 0 Å². The number of ether oxygens (including phenoxy) is 2. The average molecular weight is 455 g/mol. The van der Waals surface area contributed by atoms with E-state index in [4.69, 9.17) is 9.47 Å². The van der Waals surface area contributed by atoms with Crippen molar-refractivity contribution in [2.45, 2.75) is 58.0 Å². The average Bonchev–Trinajstić information content (AvgIpc) is 3.52. The summed E-state index contributed by atoms with van der Waals surface area (Å²) in [6.45, 7) is 8.47. The van der Waals surface area contributed by atoms with E-state index in [1.165, 1.54) is 11.8 Å². The smallest absolute Gasteiger partial charge is 0.192 e. The van der Waals surface area contributed by atoms with Crippen molar-refractivity contribution < 1.29 is 14.3 Å². The third kappa shape index (κ3) is 4.61. The van der Waals surface area contributed by atoms with Crippen LogP contribution in [0.5, 0.6) is 5.75 Å². The molecule has 170 valence electrons. The summed E-state index contributed by atoms with van der Waals surface area (Å²) in [4.78, 5) is 13.0. The van der Waals surface area contributed by atoms with E-state index in [0.717, 1.165) is 65.2 Å². The summed E-state index contributed by atoms with van der Waals surface area (Å²) in [7, 11) is 1.65. The third-order valence-electron chi connectivity index (χ3n) is 6.00. The van der Waals surface area contributed by atoms with Gasteiger partial charge in [0, 0.05) is 35.7 Å². The molecule has 8 heteroatoms. The molecule has 1 aliphatic rings. The van der Waals surface area contributed by atoms with Crippen molar-refractivity contribution in [3.63, 3.8) is 0 Å². The molecule has 0 bridgehead atoms. The second kappa shape index (κ2) is 9.92. The van der Waals surface area contributed by atoms with E-state index in [0.29, 0.717) is 12.3 Å². The molecule has 0 spiro atoms. The molecule has 4 rings (SSSR count). The minimum Gasteiger partial charge on any atom is -0.497 e. The van der Waals surface area contributed by atoms with Crippen LogP contribution in [0.3, 0.4) is 0 Å². The van der Waals surface area contributed by atoms with Gasteiger partial charge in [0.15, 0.2) is 16.8 Å². The summed E-state index contributed by atoms with van der Waals surface area (Å²) in [6, 6.07) is 9.78. The Bertz CT molecular complexity index is 1080. The Morgan fingerprint density at radius 3 is 2.62 bits per heavy atom. The van der Waals surface area contributed by atoms with Crippen LogP contribution in [0.15, 0.2) is 35.5 Å². The van der Waals surface area contributed by atoms with Gasteiger partial charge in [-0.3, -0.25) is 9.36 Å². The van der Waals surface area contributed by atoms with Crippen molar-refractivity contribution >= 4 is 17.5 Å². The van der Waals surface area contributed by atoms with E-state index in [1.54, 1.807) is 7.11 Å². The molecule has 0 N–H and O–H groups in total. The van der Waals surface area contributed by atoms with Gasteiger partial charge >= 0.3 is 0 Å². The fraction of sp³-hybridized carbons (Fsp3) is 0.458. The van der Waals surface area contributed by atoms with Gasteiger partial charge < -0.3 is 14.0 Å². The predicted octanol–water partition coefficient (Wildman–Crippen LogP) is 4.55. The number of rotatable bonds is 9. The van der Waals surface area contributed by atoms with Crippen LogP contribution in [-0.4, -0.2) is 50.7 Å². The summed E-state index contributed by atoms with van der Waals surface area (Å²) in [6.07, 6.45) is 2.23. The van der Waals surface area contributed by atoms with Crippen LogP contribution < -0.4 is 4.74 Å². The van der Waals surface area contributed by atoms with E-state index in [1.807, 2.05) is 44.2 Å². The molecule has 1 aromatic carbocycles. The van der Waals surface area contributed by atoms with E-state index in [2.05, 4.69) is 26.3 Å². The number of carbonyl (C=O) groups excluding carboxylic acids is 1. The third-order valence-corrected chi connectivity index (χ3v) is 6.96. The number of aryl methyl sites for hydroxylation is 1. The molecule has 1 aliphatic heterocycles. The molecule has 3 heterocycles. The molecular weight excluding hydrogens is 424 g/mol. The zero-order valence-electron chi connectivity index (χ0n) is 19.1. The van der Waals surface area contributed by atoms with Gasteiger partial charge in [-0.05, 0) is 63.9 Å². The number of aromatic nitrogens is 4. The van der Waals surface area contributed by atoms with Gasteiger partial charge in [0.1, 0.15) is 5.75 Å². The Morgan fingerprint density at radius 2 is 2.00 bits per heavy atom. The monoisotopic (exact) mass is 454 g/mol. The van der Waals surface area contributed by atoms with E-state index in [9.17, 15) is 4.79 Å². The SMILES string of the molecule is CCn1c(C)cc(C(=O)CSc2nnc(-c3ccc(OC)cc3)n2CC2CCCO2)c1C. The highest BCUT2D eigenvalue weighted by atomic mass is 32.2. The van der Waals surface area contributed by atoms with E-state index in [-0.39, 0.29) is 11.9 Å². The first-order chi connectivity index (χ1) is 15.5. The zero-order valence-corrected chi connectivity index (χ0v) is 19.9. The van der Waals surface area contributed by atoms with Crippen LogP contribution in [-0.2, 0) is 17.8 Å². The van der Waals surface area contributed by atoms with Gasteiger partial charge in [-0.15, -0.1) is 10.2 Å². The van der Waals surface area contributed by atoms with Gasteiger partial charge in [0.05, 0.1) is 25.5 Å². The first-order valence-electron chi connectivity index (χ1n) is 11.0. The Labute approximate surface area is 193 Å². The van der Waals surface area contributed by atoms with Crippen LogP contribution in [0, 0.1) is 13.8 Å². The summed E-state index contributed by atoms with van der Waals surface area (Å²) < 4.78 is 15.4. The normalized spacial score (nSPS) is 15.9. The van der Waals surface area contributed by atoms with Crippen molar-refractivity contribution in [2.75, 3.05) is 19.5 Å². The Kier molecular flexibility index (Phi) is 7.01. The molecule has 1 atom stereocenters. The summed E-state index contributed by atoms with van der Waals surface area (Å²) in [5, 5.41) is 9.64. The molecule has 0 radical (unpaired) electrons. The van der Waals surface area contributed by atoms with Crippen LogP contribution in [0.1, 0.15) is 41.5 Å². The lowest BCUT2D eigenvalue weighted by Crippen LogP contribution is -2.17. The number of carbonyl (C=O) groups is 1. The van der Waals surface area contributed by atoms with Crippen molar-refractivity contribution in [3.05, 3.63) is 47.3 Å². The molecule has 0 saturated carbocycles. The lowest BCUT2D eigenvalue weighted by molar-refractivity contribution is 0.0953. The van der Waals surface area contributed by atoms with Gasteiger partial charge in [0.2, 0.25) is 0 Å². The molecule has 0 amide bonds. The maximum atomic E-state index is 13.0. The number of methoxy groups -OCH3 is 1. The lowest BCUT2D eigenvalue weighted by Gasteiger charge is -2.15. The van der Waals surface area contributed by atoms with Gasteiger partial charge in [-0.1, -0.05) is 11.8 Å². The van der Waals surface area contributed by atoms with Crippen molar-refractivity contribution in [1.29, 1.82) is 0 Å². The van der Waals surface area contributed by atoms with Crippen molar-refractivity contribution in [3.8, 4) is 17.1 Å². The predicted molar refractivity (Wildman–Crippen MR) is 126 cm³/mol. The number of nitrogens with zero attached hydrogens (tertiary/aromatic N) is 4. The number of benzene rings is 1. The number of hydrogen-bond acceptors (Lipinski definition) is 6. The minimum atomic E-state index is 0.112. The standard InChI is InChI=1S/C24H30N4O3S/c1-5-27-16(2)13-21(17(27)3)22(29)15-32-24-26-25-23(18-8-10-19(30-4)11-9-18)28(24)14-20-7-6-12-31-20/h8-11,13,20H,5-7,12,14-15H2,1-4H3. The quantitative estimate of drug-likeness (QED) is 0.349. The molecule has 1 fully saturated rings. The highest BCUT2D eigenvalue weighted by molar-refractivity contribution is 7.99. The van der Waals surface area contributed by atoms with Gasteiger partial charge in [-0.25, -0.2) is 0 Å². The summed E-state index contributed by atoms with van der Waals surface area (Å²) in [5.41, 5.74) is 3.88. The van der Waals surface area contributed by atoms with Crippen LogP contribution >= 0.6 is 11.8 Å². The molecule has 0 aliphatic carbocycles. The number of ketones is 1. The summed E-state index contributed by atoms with van der Waals surface area (Å²) in [5.74, 6) is 2.01. The molecule has 7 nitrogen and oxygen atoms in total. The largest absolute Gasteiger partial charge is 0.497 e. The minimum absolute atomic E-state index is 0.112. The Balaban J connectivity index is 1.57. The molecule has 1 saturated heterocycles. The van der Waals surface area contributed by atoms with E-state index < -0.39 is 0 Å². The fourth-order valence-electron chi connectivity index (χ4n) is 4.28. The molecular formula is C24H30N4O3S.